The van der Waals surface area contributed by atoms with E-state index in [1.54, 1.807) is 0 Å². The highest BCUT2D eigenvalue weighted by atomic mass is 32.2. The first-order chi connectivity index (χ1) is 10.4. The molecular weight excluding hydrogens is 302 g/mol. The minimum Gasteiger partial charge on any atom is -0.334 e. The van der Waals surface area contributed by atoms with Gasteiger partial charge in [0.1, 0.15) is 0 Å². The molecule has 0 spiro atoms. The highest BCUT2D eigenvalue weighted by Gasteiger charge is 2.26. The number of sulfonamides is 1. The number of rotatable bonds is 4. The predicted octanol–water partition coefficient (Wildman–Crippen LogP) is 1.79. The van der Waals surface area contributed by atoms with E-state index in [1.165, 1.54) is 16.1 Å². The maximum atomic E-state index is 12.0. The standard InChI is InChI=1S/C15H23N3O3S/c1-3-12-6-8-13(9-7-12)16-15(19)17-14-5-4-10-18(11-14)22(2,20)21/h6-9,14H,3-5,10-11H2,1-2H3,(H2,16,17,19)/t14-/m0/s1. The van der Waals surface area contributed by atoms with Crippen LogP contribution in [0.15, 0.2) is 24.3 Å². The smallest absolute Gasteiger partial charge is 0.319 e. The van der Waals surface area contributed by atoms with E-state index < -0.39 is 10.0 Å². The van der Waals surface area contributed by atoms with Crippen molar-refractivity contribution in [3.8, 4) is 0 Å². The quantitative estimate of drug-likeness (QED) is 0.886. The number of aryl methyl sites for hydroxylation is 1. The van der Waals surface area contributed by atoms with Crippen molar-refractivity contribution in [1.29, 1.82) is 0 Å². The lowest BCUT2D eigenvalue weighted by Gasteiger charge is -2.31. The number of nitrogens with zero attached hydrogens (tertiary/aromatic N) is 1. The Morgan fingerprint density at radius 3 is 2.59 bits per heavy atom. The Hall–Kier alpha value is -1.60. The zero-order valence-electron chi connectivity index (χ0n) is 13.0. The van der Waals surface area contributed by atoms with E-state index in [9.17, 15) is 13.2 Å². The topological polar surface area (TPSA) is 78.5 Å². The summed E-state index contributed by atoms with van der Waals surface area (Å²) in [4.78, 5) is 12.0. The van der Waals surface area contributed by atoms with E-state index >= 15 is 0 Å². The Kier molecular flexibility index (Phi) is 5.42. The number of hydrogen-bond acceptors (Lipinski definition) is 3. The van der Waals surface area contributed by atoms with Crippen molar-refractivity contribution in [3.63, 3.8) is 0 Å². The lowest BCUT2D eigenvalue weighted by atomic mass is 10.1. The van der Waals surface area contributed by atoms with Crippen molar-refractivity contribution in [2.24, 2.45) is 0 Å². The monoisotopic (exact) mass is 325 g/mol. The molecule has 122 valence electrons. The van der Waals surface area contributed by atoms with Gasteiger partial charge < -0.3 is 10.6 Å². The van der Waals surface area contributed by atoms with Gasteiger partial charge in [0.2, 0.25) is 10.0 Å². The number of anilines is 1. The van der Waals surface area contributed by atoms with Gasteiger partial charge in [0.25, 0.3) is 0 Å². The second-order valence-electron chi connectivity index (χ2n) is 5.61. The largest absolute Gasteiger partial charge is 0.334 e. The van der Waals surface area contributed by atoms with Crippen molar-refractivity contribution < 1.29 is 13.2 Å². The molecule has 2 N–H and O–H groups in total. The molecule has 2 rings (SSSR count). The Morgan fingerprint density at radius 2 is 2.00 bits per heavy atom. The summed E-state index contributed by atoms with van der Waals surface area (Å²) >= 11 is 0. The third-order valence-corrected chi connectivity index (χ3v) is 5.08. The molecule has 7 heteroatoms. The molecule has 1 heterocycles. The Labute approximate surface area is 131 Å². The van der Waals surface area contributed by atoms with E-state index in [2.05, 4.69) is 17.6 Å². The molecule has 0 aromatic heterocycles. The van der Waals surface area contributed by atoms with Crippen molar-refractivity contribution in [1.82, 2.24) is 9.62 Å². The number of amides is 2. The maximum absolute atomic E-state index is 12.0. The van der Waals surface area contributed by atoms with E-state index in [0.29, 0.717) is 13.1 Å². The molecule has 0 saturated carbocycles. The molecule has 0 radical (unpaired) electrons. The average molecular weight is 325 g/mol. The summed E-state index contributed by atoms with van der Waals surface area (Å²) in [6.07, 6.45) is 3.69. The predicted molar refractivity (Wildman–Crippen MR) is 87.4 cm³/mol. The summed E-state index contributed by atoms with van der Waals surface area (Å²) in [5.74, 6) is 0. The van der Waals surface area contributed by atoms with Gasteiger partial charge in [0.05, 0.1) is 6.26 Å². The van der Waals surface area contributed by atoms with Crippen LogP contribution in [0.4, 0.5) is 10.5 Å². The number of benzene rings is 1. The van der Waals surface area contributed by atoms with Gasteiger partial charge >= 0.3 is 6.03 Å². The zero-order chi connectivity index (χ0) is 16.2. The van der Waals surface area contributed by atoms with Crippen molar-refractivity contribution in [2.45, 2.75) is 32.2 Å². The fourth-order valence-corrected chi connectivity index (χ4v) is 3.45. The van der Waals surface area contributed by atoms with Crippen LogP contribution in [0, 0.1) is 0 Å². The van der Waals surface area contributed by atoms with Crippen molar-refractivity contribution >= 4 is 21.7 Å². The van der Waals surface area contributed by atoms with E-state index in [1.807, 2.05) is 24.3 Å². The molecule has 1 aromatic carbocycles. The first-order valence-corrected chi connectivity index (χ1v) is 9.35. The highest BCUT2D eigenvalue weighted by molar-refractivity contribution is 7.88. The number of piperidine rings is 1. The van der Waals surface area contributed by atoms with Crippen LogP contribution in [-0.2, 0) is 16.4 Å². The fourth-order valence-electron chi connectivity index (χ4n) is 2.54. The van der Waals surface area contributed by atoms with Gasteiger partial charge in [-0.2, -0.15) is 0 Å². The Morgan fingerprint density at radius 1 is 1.32 bits per heavy atom. The number of hydrogen-bond donors (Lipinski definition) is 2. The summed E-state index contributed by atoms with van der Waals surface area (Å²) < 4.78 is 24.5. The molecule has 2 amide bonds. The molecule has 1 atom stereocenters. The minimum absolute atomic E-state index is 0.154. The van der Waals surface area contributed by atoms with Gasteiger partial charge in [0, 0.05) is 24.8 Å². The minimum atomic E-state index is -3.20. The van der Waals surface area contributed by atoms with Gasteiger partial charge in [-0.05, 0) is 37.0 Å². The first kappa shape index (κ1) is 16.8. The van der Waals surface area contributed by atoms with Crippen LogP contribution in [0.2, 0.25) is 0 Å². The highest BCUT2D eigenvalue weighted by Crippen LogP contribution is 2.14. The van der Waals surface area contributed by atoms with Crippen LogP contribution in [0.1, 0.15) is 25.3 Å². The molecule has 6 nitrogen and oxygen atoms in total. The number of carbonyl (C=O) groups excluding carboxylic acids is 1. The number of nitrogens with one attached hydrogen (secondary N) is 2. The molecule has 0 bridgehead atoms. The van der Waals surface area contributed by atoms with E-state index in [4.69, 9.17) is 0 Å². The van der Waals surface area contributed by atoms with E-state index in [-0.39, 0.29) is 12.1 Å². The third-order valence-electron chi connectivity index (χ3n) is 3.81. The molecule has 1 aliphatic heterocycles. The molecule has 0 unspecified atom stereocenters. The van der Waals surface area contributed by atoms with Gasteiger partial charge in [-0.1, -0.05) is 19.1 Å². The van der Waals surface area contributed by atoms with Crippen molar-refractivity contribution in [3.05, 3.63) is 29.8 Å². The molecule has 22 heavy (non-hydrogen) atoms. The average Bonchev–Trinajstić information content (AvgIpc) is 2.47. The molecule has 1 fully saturated rings. The van der Waals surface area contributed by atoms with Crippen molar-refractivity contribution in [2.75, 3.05) is 24.7 Å². The van der Waals surface area contributed by atoms with Crippen LogP contribution in [-0.4, -0.2) is 44.1 Å². The lowest BCUT2D eigenvalue weighted by molar-refractivity contribution is 0.236. The third kappa shape index (κ3) is 4.71. The first-order valence-electron chi connectivity index (χ1n) is 7.50. The summed E-state index contributed by atoms with van der Waals surface area (Å²) in [6, 6.07) is 7.22. The van der Waals surface area contributed by atoms with Gasteiger partial charge in [-0.3, -0.25) is 0 Å². The van der Waals surface area contributed by atoms with Gasteiger partial charge in [-0.15, -0.1) is 0 Å². The van der Waals surface area contributed by atoms with Crippen LogP contribution in [0.3, 0.4) is 0 Å². The molecule has 1 saturated heterocycles. The van der Waals surface area contributed by atoms with Gasteiger partial charge in [0.15, 0.2) is 0 Å². The summed E-state index contributed by atoms with van der Waals surface area (Å²) in [7, 11) is -3.20. The molecule has 1 aromatic rings. The number of carbonyl (C=O) groups is 1. The van der Waals surface area contributed by atoms with Crippen LogP contribution in [0.5, 0.6) is 0 Å². The van der Waals surface area contributed by atoms with E-state index in [0.717, 1.165) is 24.9 Å². The van der Waals surface area contributed by atoms with Crippen LogP contribution in [0.25, 0.3) is 0 Å². The van der Waals surface area contributed by atoms with Crippen LogP contribution >= 0.6 is 0 Å². The van der Waals surface area contributed by atoms with Gasteiger partial charge in [-0.25, -0.2) is 17.5 Å². The van der Waals surface area contributed by atoms with Crippen LogP contribution < -0.4 is 10.6 Å². The second-order valence-corrected chi connectivity index (χ2v) is 7.59. The normalized spacial score (nSPS) is 19.6. The SMILES string of the molecule is CCc1ccc(NC(=O)N[C@H]2CCCN(S(C)(=O)=O)C2)cc1. The zero-order valence-corrected chi connectivity index (χ0v) is 13.8. The molecule has 0 aliphatic carbocycles. The maximum Gasteiger partial charge on any atom is 0.319 e. The molecule has 1 aliphatic rings. The Balaban J connectivity index is 1.88. The second kappa shape index (κ2) is 7.11. The summed E-state index contributed by atoms with van der Waals surface area (Å²) in [5, 5.41) is 5.62. The Bertz CT molecular complexity index is 613. The number of urea groups is 1. The lowest BCUT2D eigenvalue weighted by Crippen LogP contribution is -2.50. The fraction of sp³-hybridized carbons (Fsp3) is 0.533. The molecular formula is C15H23N3O3S. The summed E-state index contributed by atoms with van der Waals surface area (Å²) in [5.41, 5.74) is 1.94. The summed E-state index contributed by atoms with van der Waals surface area (Å²) in [6.45, 7) is 2.93.